The number of amides is 1. The van der Waals surface area contributed by atoms with Gasteiger partial charge in [0.25, 0.3) is 0 Å². The van der Waals surface area contributed by atoms with E-state index < -0.39 is 12.0 Å². The third-order valence-electron chi connectivity index (χ3n) is 3.38. The molecule has 0 spiro atoms. The van der Waals surface area contributed by atoms with Crippen molar-refractivity contribution in [2.75, 3.05) is 20.8 Å². The number of methoxy groups -OCH3 is 2. The predicted octanol–water partition coefficient (Wildman–Crippen LogP) is 0.0932. The summed E-state index contributed by atoms with van der Waals surface area (Å²) < 4.78 is 11.2. The number of rotatable bonds is 7. The quantitative estimate of drug-likeness (QED) is 0.717. The maximum Gasteiger partial charge on any atom is 0.360 e. The third kappa shape index (κ3) is 3.57. The molecule has 8 nitrogen and oxygen atoms in total. The van der Waals surface area contributed by atoms with E-state index in [1.807, 2.05) is 0 Å². The molecule has 1 unspecified atom stereocenters. The molecule has 1 aromatic rings. The summed E-state index contributed by atoms with van der Waals surface area (Å²) in [6.07, 6.45) is 2.45. The van der Waals surface area contributed by atoms with Gasteiger partial charge in [-0.1, -0.05) is 5.21 Å². The van der Waals surface area contributed by atoms with Crippen molar-refractivity contribution < 1.29 is 19.1 Å². The highest BCUT2D eigenvalue weighted by molar-refractivity contribution is 5.88. The van der Waals surface area contributed by atoms with Gasteiger partial charge < -0.3 is 14.8 Å². The van der Waals surface area contributed by atoms with Crippen molar-refractivity contribution in [3.63, 3.8) is 0 Å². The van der Waals surface area contributed by atoms with E-state index in [4.69, 9.17) is 4.74 Å². The Morgan fingerprint density at radius 1 is 1.43 bits per heavy atom. The maximum absolute atomic E-state index is 12.1. The van der Waals surface area contributed by atoms with Gasteiger partial charge in [-0.25, -0.2) is 9.48 Å². The topological polar surface area (TPSA) is 95.3 Å². The molecule has 1 amide bonds. The molecule has 2 rings (SSSR count). The Kier molecular flexibility index (Phi) is 4.89. The van der Waals surface area contributed by atoms with Crippen LogP contribution in [-0.2, 0) is 20.7 Å². The Hall–Kier alpha value is -1.96. The van der Waals surface area contributed by atoms with Gasteiger partial charge in [-0.05, 0) is 19.8 Å². The van der Waals surface area contributed by atoms with E-state index in [1.165, 1.54) is 11.8 Å². The van der Waals surface area contributed by atoms with Gasteiger partial charge in [-0.2, -0.15) is 0 Å². The smallest absolute Gasteiger partial charge is 0.360 e. The summed E-state index contributed by atoms with van der Waals surface area (Å²) in [7, 11) is 2.85. The van der Waals surface area contributed by atoms with Crippen LogP contribution >= 0.6 is 0 Å². The third-order valence-corrected chi connectivity index (χ3v) is 3.38. The second kappa shape index (κ2) is 6.66. The van der Waals surface area contributed by atoms with E-state index in [9.17, 15) is 9.59 Å². The van der Waals surface area contributed by atoms with E-state index in [-0.39, 0.29) is 17.6 Å². The molecular formula is C13H20N4O4. The highest BCUT2D eigenvalue weighted by Crippen LogP contribution is 2.21. The molecule has 0 saturated heterocycles. The fourth-order valence-electron chi connectivity index (χ4n) is 1.97. The molecule has 0 aliphatic heterocycles. The van der Waals surface area contributed by atoms with E-state index in [1.54, 1.807) is 14.0 Å². The lowest BCUT2D eigenvalue weighted by molar-refractivity contribution is -0.124. The largest absolute Gasteiger partial charge is 0.464 e. The predicted molar refractivity (Wildman–Crippen MR) is 72.8 cm³/mol. The number of hydrogen-bond acceptors (Lipinski definition) is 6. The summed E-state index contributed by atoms with van der Waals surface area (Å²) in [5.74, 6) is -0.695. The van der Waals surface area contributed by atoms with E-state index >= 15 is 0 Å². The minimum Gasteiger partial charge on any atom is -0.464 e. The number of carbonyl (C=O) groups is 2. The average molecular weight is 296 g/mol. The van der Waals surface area contributed by atoms with Crippen molar-refractivity contribution in [2.45, 2.75) is 38.3 Å². The molecule has 21 heavy (non-hydrogen) atoms. The first kappa shape index (κ1) is 15.4. The van der Waals surface area contributed by atoms with E-state index in [2.05, 4.69) is 20.4 Å². The monoisotopic (exact) mass is 296 g/mol. The SMILES string of the molecule is COCCc1c(C(=O)OC)nnn1C(C)C(=O)NC1CC1. The number of ether oxygens (including phenoxy) is 2. The van der Waals surface area contributed by atoms with Crippen molar-refractivity contribution in [3.8, 4) is 0 Å². The van der Waals surface area contributed by atoms with Crippen LogP contribution in [0.2, 0.25) is 0 Å². The fraction of sp³-hybridized carbons (Fsp3) is 0.692. The molecule has 0 bridgehead atoms. The Bertz CT molecular complexity index is 524. The molecule has 1 heterocycles. The highest BCUT2D eigenvalue weighted by Gasteiger charge is 2.29. The van der Waals surface area contributed by atoms with Gasteiger partial charge in [-0.3, -0.25) is 4.79 Å². The van der Waals surface area contributed by atoms with Gasteiger partial charge in [0, 0.05) is 19.6 Å². The first-order chi connectivity index (χ1) is 10.1. The van der Waals surface area contributed by atoms with Crippen molar-refractivity contribution in [1.29, 1.82) is 0 Å². The van der Waals surface area contributed by atoms with Crippen LogP contribution < -0.4 is 5.32 Å². The van der Waals surface area contributed by atoms with Crippen LogP contribution in [0.5, 0.6) is 0 Å². The Labute approximate surface area is 122 Å². The van der Waals surface area contributed by atoms with Gasteiger partial charge in [0.15, 0.2) is 5.69 Å². The molecule has 0 radical (unpaired) electrons. The van der Waals surface area contributed by atoms with E-state index in [0.29, 0.717) is 18.7 Å². The van der Waals surface area contributed by atoms with Gasteiger partial charge >= 0.3 is 5.97 Å². The fourth-order valence-corrected chi connectivity index (χ4v) is 1.97. The molecule has 1 aliphatic carbocycles. The molecule has 1 aromatic heterocycles. The van der Waals surface area contributed by atoms with Crippen molar-refractivity contribution >= 4 is 11.9 Å². The highest BCUT2D eigenvalue weighted by atomic mass is 16.5. The average Bonchev–Trinajstić information content (AvgIpc) is 3.20. The second-order valence-corrected chi connectivity index (χ2v) is 5.02. The summed E-state index contributed by atoms with van der Waals surface area (Å²) >= 11 is 0. The number of hydrogen-bond donors (Lipinski definition) is 1. The van der Waals surface area contributed by atoms with Gasteiger partial charge in [-0.15, -0.1) is 5.10 Å². The van der Waals surface area contributed by atoms with Gasteiger partial charge in [0.2, 0.25) is 5.91 Å². The summed E-state index contributed by atoms with van der Waals surface area (Å²) in [4.78, 5) is 23.8. The summed E-state index contributed by atoms with van der Waals surface area (Å²) in [5.41, 5.74) is 0.669. The Morgan fingerprint density at radius 2 is 2.14 bits per heavy atom. The maximum atomic E-state index is 12.1. The minimum absolute atomic E-state index is 0.126. The standard InChI is InChI=1S/C13H20N4O4/c1-8(12(18)14-9-4-5-9)17-10(6-7-20-2)11(15-16-17)13(19)21-3/h8-9H,4-7H2,1-3H3,(H,14,18). The number of esters is 1. The summed E-state index contributed by atoms with van der Waals surface area (Å²) in [6, 6.07) is -0.269. The van der Waals surface area contributed by atoms with Crippen LogP contribution in [0.1, 0.15) is 42.0 Å². The lowest BCUT2D eigenvalue weighted by atomic mass is 10.2. The number of carbonyl (C=O) groups excluding carboxylic acids is 2. The Balaban J connectivity index is 2.21. The number of nitrogens with zero attached hydrogens (tertiary/aromatic N) is 3. The zero-order valence-electron chi connectivity index (χ0n) is 12.5. The molecule has 1 saturated carbocycles. The molecular weight excluding hydrogens is 276 g/mol. The molecule has 1 aliphatic rings. The van der Waals surface area contributed by atoms with E-state index in [0.717, 1.165) is 12.8 Å². The van der Waals surface area contributed by atoms with Gasteiger partial charge in [0.05, 0.1) is 19.4 Å². The molecule has 1 atom stereocenters. The van der Waals surface area contributed by atoms with Crippen LogP contribution in [-0.4, -0.2) is 53.7 Å². The van der Waals surface area contributed by atoms with Crippen molar-refractivity contribution in [3.05, 3.63) is 11.4 Å². The van der Waals surface area contributed by atoms with Crippen LogP contribution in [0.3, 0.4) is 0 Å². The first-order valence-corrected chi connectivity index (χ1v) is 6.90. The zero-order valence-corrected chi connectivity index (χ0v) is 12.5. The Morgan fingerprint density at radius 3 is 2.71 bits per heavy atom. The van der Waals surface area contributed by atoms with Crippen LogP contribution in [0.4, 0.5) is 0 Å². The summed E-state index contributed by atoms with van der Waals surface area (Å²) in [6.45, 7) is 2.12. The minimum atomic E-state index is -0.567. The molecule has 8 heteroatoms. The summed E-state index contributed by atoms with van der Waals surface area (Å²) in [5, 5.41) is 10.7. The molecule has 1 fully saturated rings. The van der Waals surface area contributed by atoms with Crippen LogP contribution in [0, 0.1) is 0 Å². The number of nitrogens with one attached hydrogen (secondary N) is 1. The number of aromatic nitrogens is 3. The van der Waals surface area contributed by atoms with Crippen molar-refractivity contribution in [1.82, 2.24) is 20.3 Å². The molecule has 1 N–H and O–H groups in total. The van der Waals surface area contributed by atoms with Gasteiger partial charge in [0.1, 0.15) is 6.04 Å². The lowest BCUT2D eigenvalue weighted by Crippen LogP contribution is -2.33. The van der Waals surface area contributed by atoms with Crippen LogP contribution in [0.25, 0.3) is 0 Å². The first-order valence-electron chi connectivity index (χ1n) is 6.90. The lowest BCUT2D eigenvalue weighted by Gasteiger charge is -2.14. The van der Waals surface area contributed by atoms with Crippen LogP contribution in [0.15, 0.2) is 0 Å². The molecule has 0 aromatic carbocycles. The molecule has 116 valence electrons. The zero-order chi connectivity index (χ0) is 15.4. The second-order valence-electron chi connectivity index (χ2n) is 5.02. The normalized spacial score (nSPS) is 15.6. The van der Waals surface area contributed by atoms with Crippen molar-refractivity contribution in [2.24, 2.45) is 0 Å².